The topological polar surface area (TPSA) is 61.9 Å². The Balaban J connectivity index is 1.66. The molecule has 0 aromatic rings. The van der Waals surface area contributed by atoms with Crippen molar-refractivity contribution in [3.63, 3.8) is 0 Å². The molecule has 0 aromatic heterocycles. The molecule has 0 aromatic carbocycles. The smallest absolute Gasteiger partial charge is 0.224 e. The van der Waals surface area contributed by atoms with Gasteiger partial charge in [-0.1, -0.05) is 32.1 Å². The Kier molecular flexibility index (Phi) is 10.9. The van der Waals surface area contributed by atoms with Crippen molar-refractivity contribution in [3.8, 4) is 0 Å². The van der Waals surface area contributed by atoms with Crippen LogP contribution in [0.5, 0.6) is 0 Å². The summed E-state index contributed by atoms with van der Waals surface area (Å²) in [7, 11) is 3.72. The summed E-state index contributed by atoms with van der Waals surface area (Å²) in [6.07, 6.45) is 12.1. The molecule has 2 rings (SSSR count). The average Bonchev–Trinajstić information content (AvgIpc) is 3.16. The van der Waals surface area contributed by atoms with Crippen LogP contribution in [0.4, 0.5) is 0 Å². The van der Waals surface area contributed by atoms with Gasteiger partial charge in [0.15, 0.2) is 0 Å². The zero-order valence-corrected chi connectivity index (χ0v) is 18.1. The molecule has 28 heavy (non-hydrogen) atoms. The first kappa shape index (κ1) is 23.1. The van der Waals surface area contributed by atoms with Gasteiger partial charge >= 0.3 is 0 Å². The summed E-state index contributed by atoms with van der Waals surface area (Å²) in [5, 5.41) is 3.03. The third kappa shape index (κ3) is 8.08. The fourth-order valence-electron chi connectivity index (χ4n) is 4.50. The first-order valence-electron chi connectivity index (χ1n) is 11.4. The van der Waals surface area contributed by atoms with Crippen molar-refractivity contribution in [1.82, 2.24) is 15.1 Å². The Morgan fingerprint density at radius 2 is 1.89 bits per heavy atom. The number of carbonyl (C=O) groups excluding carboxylic acids is 2. The fraction of sp³-hybridized carbons (Fsp3) is 0.909. The number of hydrogen-bond donors (Lipinski definition) is 1. The second-order valence-corrected chi connectivity index (χ2v) is 8.51. The van der Waals surface area contributed by atoms with Crippen LogP contribution in [0.15, 0.2) is 0 Å². The molecule has 1 unspecified atom stereocenters. The molecule has 1 saturated heterocycles. The average molecular weight is 396 g/mol. The van der Waals surface area contributed by atoms with E-state index in [9.17, 15) is 9.59 Å². The van der Waals surface area contributed by atoms with Crippen LogP contribution in [0.3, 0.4) is 0 Å². The van der Waals surface area contributed by atoms with Crippen LogP contribution in [-0.2, 0) is 14.3 Å². The van der Waals surface area contributed by atoms with Gasteiger partial charge in [-0.2, -0.15) is 0 Å². The molecular weight excluding hydrogens is 354 g/mol. The highest BCUT2D eigenvalue weighted by Gasteiger charge is 2.30. The van der Waals surface area contributed by atoms with Crippen LogP contribution in [0, 0.1) is 5.92 Å². The number of likely N-dealkylation sites (N-methyl/N-ethyl adjacent to an activating group) is 2. The highest BCUT2D eigenvalue weighted by Crippen LogP contribution is 2.28. The summed E-state index contributed by atoms with van der Waals surface area (Å²) < 4.78 is 5.50. The van der Waals surface area contributed by atoms with Gasteiger partial charge in [-0.15, -0.1) is 0 Å². The molecule has 2 aliphatic rings. The number of hydrogen-bond acceptors (Lipinski definition) is 4. The molecule has 6 nitrogen and oxygen atoms in total. The molecule has 1 N–H and O–H groups in total. The molecule has 1 aliphatic carbocycles. The van der Waals surface area contributed by atoms with Gasteiger partial charge in [0.2, 0.25) is 11.8 Å². The lowest BCUT2D eigenvalue weighted by Crippen LogP contribution is -2.40. The van der Waals surface area contributed by atoms with Crippen LogP contribution in [-0.4, -0.2) is 74.6 Å². The monoisotopic (exact) mass is 395 g/mol. The van der Waals surface area contributed by atoms with E-state index < -0.39 is 0 Å². The Bertz CT molecular complexity index is 466. The summed E-state index contributed by atoms with van der Waals surface area (Å²) in [6.45, 7) is 3.45. The van der Waals surface area contributed by atoms with Crippen molar-refractivity contribution < 1.29 is 14.3 Å². The lowest BCUT2D eigenvalue weighted by atomic mass is 9.86. The van der Waals surface area contributed by atoms with E-state index in [1.165, 1.54) is 38.5 Å². The summed E-state index contributed by atoms with van der Waals surface area (Å²) in [6, 6.07) is 0.0855. The van der Waals surface area contributed by atoms with Crippen LogP contribution in [0.1, 0.15) is 70.6 Å². The number of nitrogens with zero attached hydrogens (tertiary/aromatic N) is 2. The molecular formula is C22H41N3O3. The van der Waals surface area contributed by atoms with E-state index in [-0.39, 0.29) is 17.9 Å². The van der Waals surface area contributed by atoms with Gasteiger partial charge in [-0.05, 0) is 38.6 Å². The Morgan fingerprint density at radius 1 is 1.11 bits per heavy atom. The molecule has 2 fully saturated rings. The van der Waals surface area contributed by atoms with Gasteiger partial charge in [-0.25, -0.2) is 0 Å². The minimum absolute atomic E-state index is 0.0855. The van der Waals surface area contributed by atoms with E-state index in [0.717, 1.165) is 38.3 Å². The molecule has 2 amide bonds. The van der Waals surface area contributed by atoms with E-state index in [4.69, 9.17) is 4.74 Å². The van der Waals surface area contributed by atoms with Crippen LogP contribution < -0.4 is 5.32 Å². The van der Waals surface area contributed by atoms with Crippen molar-refractivity contribution in [3.05, 3.63) is 0 Å². The largest absolute Gasteiger partial charge is 0.378 e. The number of carbonyl (C=O) groups is 2. The minimum Gasteiger partial charge on any atom is -0.378 e. The Hall–Kier alpha value is -1.14. The zero-order chi connectivity index (χ0) is 20.2. The third-order valence-electron chi connectivity index (χ3n) is 6.33. The predicted molar refractivity (Wildman–Crippen MR) is 112 cm³/mol. The summed E-state index contributed by atoms with van der Waals surface area (Å²) in [4.78, 5) is 28.9. The van der Waals surface area contributed by atoms with Crippen molar-refractivity contribution in [2.75, 3.05) is 46.9 Å². The fourth-order valence-corrected chi connectivity index (χ4v) is 4.50. The maximum Gasteiger partial charge on any atom is 0.224 e. The first-order valence-corrected chi connectivity index (χ1v) is 11.4. The summed E-state index contributed by atoms with van der Waals surface area (Å²) in [5.41, 5.74) is 0. The quantitative estimate of drug-likeness (QED) is 0.516. The van der Waals surface area contributed by atoms with Crippen LogP contribution in [0.2, 0.25) is 0 Å². The van der Waals surface area contributed by atoms with Crippen LogP contribution >= 0.6 is 0 Å². The van der Waals surface area contributed by atoms with E-state index in [0.29, 0.717) is 32.6 Å². The normalized spacial score (nSPS) is 20.5. The highest BCUT2D eigenvalue weighted by atomic mass is 16.5. The minimum atomic E-state index is 0.0855. The maximum absolute atomic E-state index is 12.7. The molecule has 1 aliphatic heterocycles. The number of likely N-dealkylation sites (tertiary alicyclic amines) is 1. The molecule has 0 radical (unpaired) electrons. The standard InChI is InChI=1S/C22H41N3O3/c1-23-13-16-28-17-15-24(2)22(27)18-20-11-7-14-25(20)21(26)12-6-10-19-8-4-3-5-9-19/h19-20,23H,3-18H2,1-2H3. The molecule has 6 heteroatoms. The van der Waals surface area contributed by atoms with Crippen molar-refractivity contribution in [2.24, 2.45) is 5.92 Å². The predicted octanol–water partition coefficient (Wildman–Crippen LogP) is 2.81. The molecule has 0 spiro atoms. The van der Waals surface area contributed by atoms with Gasteiger partial charge in [0.25, 0.3) is 0 Å². The van der Waals surface area contributed by atoms with Gasteiger partial charge in [0.1, 0.15) is 0 Å². The molecule has 1 heterocycles. The van der Waals surface area contributed by atoms with Gasteiger partial charge in [0, 0.05) is 45.6 Å². The number of ether oxygens (including phenoxy) is 1. The number of rotatable bonds is 12. The second-order valence-electron chi connectivity index (χ2n) is 8.51. The first-order chi connectivity index (χ1) is 13.6. The lowest BCUT2D eigenvalue weighted by Gasteiger charge is -2.27. The van der Waals surface area contributed by atoms with Crippen molar-refractivity contribution >= 4 is 11.8 Å². The van der Waals surface area contributed by atoms with Crippen molar-refractivity contribution in [1.29, 1.82) is 0 Å². The second kappa shape index (κ2) is 13.2. The van der Waals surface area contributed by atoms with E-state index >= 15 is 0 Å². The summed E-state index contributed by atoms with van der Waals surface area (Å²) >= 11 is 0. The number of amides is 2. The molecule has 1 atom stereocenters. The van der Waals surface area contributed by atoms with Gasteiger partial charge < -0.3 is 19.9 Å². The van der Waals surface area contributed by atoms with Gasteiger partial charge in [-0.3, -0.25) is 9.59 Å². The van der Waals surface area contributed by atoms with E-state index in [1.807, 2.05) is 19.0 Å². The molecule has 0 bridgehead atoms. The van der Waals surface area contributed by atoms with E-state index in [2.05, 4.69) is 5.32 Å². The van der Waals surface area contributed by atoms with Crippen molar-refractivity contribution in [2.45, 2.75) is 76.7 Å². The number of nitrogens with one attached hydrogen (secondary N) is 1. The van der Waals surface area contributed by atoms with E-state index in [1.54, 1.807) is 4.90 Å². The maximum atomic E-state index is 12.7. The molecule has 1 saturated carbocycles. The van der Waals surface area contributed by atoms with Crippen LogP contribution in [0.25, 0.3) is 0 Å². The van der Waals surface area contributed by atoms with Gasteiger partial charge in [0.05, 0.1) is 13.2 Å². The Morgan fingerprint density at radius 3 is 2.64 bits per heavy atom. The third-order valence-corrected chi connectivity index (χ3v) is 6.33. The highest BCUT2D eigenvalue weighted by molar-refractivity contribution is 5.80. The Labute approximate surface area is 171 Å². The SMILES string of the molecule is CNCCOCCN(C)C(=O)CC1CCCN1C(=O)CCCC1CCCCC1. The molecule has 162 valence electrons. The zero-order valence-electron chi connectivity index (χ0n) is 18.1. The summed E-state index contributed by atoms with van der Waals surface area (Å²) in [5.74, 6) is 1.20. The lowest BCUT2D eigenvalue weighted by molar-refractivity contribution is -0.135.